The number of anilines is 1. The Morgan fingerprint density at radius 3 is 2.73 bits per heavy atom. The van der Waals surface area contributed by atoms with E-state index in [0.29, 0.717) is 18.0 Å². The number of aryl methyl sites for hydroxylation is 1. The second-order valence-corrected chi connectivity index (χ2v) is 6.13. The molecule has 0 saturated heterocycles. The van der Waals surface area contributed by atoms with Gasteiger partial charge in [0.1, 0.15) is 5.82 Å². The van der Waals surface area contributed by atoms with Crippen molar-refractivity contribution in [2.45, 2.75) is 12.8 Å². The van der Waals surface area contributed by atoms with E-state index >= 15 is 0 Å². The number of aromatic nitrogens is 2. The number of methoxy groups -OCH3 is 1. The van der Waals surface area contributed by atoms with E-state index in [1.165, 1.54) is 18.1 Å². The SMILES string of the molecule is COc1cn(-c2ccccc2)nc1C(=O)N1CCCc2cccc(F)c21. The fourth-order valence-corrected chi connectivity index (χ4v) is 3.30. The smallest absolute Gasteiger partial charge is 0.282 e. The first-order chi connectivity index (χ1) is 12.7. The second-order valence-electron chi connectivity index (χ2n) is 6.13. The molecular weight excluding hydrogens is 333 g/mol. The van der Waals surface area contributed by atoms with E-state index in [4.69, 9.17) is 4.74 Å². The van der Waals surface area contributed by atoms with Crippen LogP contribution in [0.4, 0.5) is 10.1 Å². The van der Waals surface area contributed by atoms with E-state index in [0.717, 1.165) is 24.1 Å². The number of ether oxygens (including phenoxy) is 1. The van der Waals surface area contributed by atoms with Crippen molar-refractivity contribution in [3.05, 3.63) is 71.8 Å². The molecular formula is C20H18FN3O2. The lowest BCUT2D eigenvalue weighted by molar-refractivity contribution is 0.0976. The van der Waals surface area contributed by atoms with Crippen LogP contribution in [0, 0.1) is 5.82 Å². The first-order valence-electron chi connectivity index (χ1n) is 8.47. The number of rotatable bonds is 3. The average Bonchev–Trinajstić information content (AvgIpc) is 3.12. The van der Waals surface area contributed by atoms with Crippen molar-refractivity contribution in [1.29, 1.82) is 0 Å². The van der Waals surface area contributed by atoms with Crippen molar-refractivity contribution in [1.82, 2.24) is 9.78 Å². The Kier molecular flexibility index (Phi) is 4.16. The van der Waals surface area contributed by atoms with Gasteiger partial charge in [-0.3, -0.25) is 4.79 Å². The Morgan fingerprint density at radius 2 is 1.96 bits per heavy atom. The van der Waals surface area contributed by atoms with Gasteiger partial charge in [-0.15, -0.1) is 0 Å². The van der Waals surface area contributed by atoms with E-state index in [9.17, 15) is 9.18 Å². The maximum atomic E-state index is 14.4. The van der Waals surface area contributed by atoms with Crippen LogP contribution in [0.5, 0.6) is 5.75 Å². The number of fused-ring (bicyclic) bond motifs is 1. The highest BCUT2D eigenvalue weighted by Crippen LogP contribution is 2.32. The van der Waals surface area contributed by atoms with Gasteiger partial charge in [-0.05, 0) is 36.6 Å². The van der Waals surface area contributed by atoms with E-state index in [-0.39, 0.29) is 11.6 Å². The molecule has 0 N–H and O–H groups in total. The van der Waals surface area contributed by atoms with E-state index in [1.807, 2.05) is 36.4 Å². The van der Waals surface area contributed by atoms with Crippen LogP contribution in [-0.2, 0) is 6.42 Å². The van der Waals surface area contributed by atoms with Gasteiger partial charge in [0.15, 0.2) is 11.4 Å². The quantitative estimate of drug-likeness (QED) is 0.724. The standard InChI is InChI=1S/C20H18FN3O2/c1-26-17-13-24(15-9-3-2-4-10-15)22-18(17)20(25)23-12-6-8-14-7-5-11-16(21)19(14)23/h2-5,7,9-11,13H,6,8,12H2,1H3. The van der Waals surface area contributed by atoms with Gasteiger partial charge in [-0.2, -0.15) is 5.10 Å². The van der Waals surface area contributed by atoms with E-state index in [1.54, 1.807) is 16.9 Å². The van der Waals surface area contributed by atoms with Crippen LogP contribution in [0.25, 0.3) is 5.69 Å². The summed E-state index contributed by atoms with van der Waals surface area (Å²) in [7, 11) is 1.49. The molecule has 5 nitrogen and oxygen atoms in total. The predicted molar refractivity (Wildman–Crippen MR) is 96.5 cm³/mol. The van der Waals surface area contributed by atoms with E-state index < -0.39 is 5.82 Å². The minimum absolute atomic E-state index is 0.174. The molecule has 0 fully saturated rings. The molecule has 0 bridgehead atoms. The van der Waals surface area contributed by atoms with Crippen LogP contribution < -0.4 is 9.64 Å². The Balaban J connectivity index is 1.75. The number of carbonyl (C=O) groups excluding carboxylic acids is 1. The van der Waals surface area contributed by atoms with Gasteiger partial charge in [0, 0.05) is 6.54 Å². The lowest BCUT2D eigenvalue weighted by Crippen LogP contribution is -2.36. The molecule has 4 rings (SSSR count). The summed E-state index contributed by atoms with van der Waals surface area (Å²) in [6.07, 6.45) is 3.20. The normalized spacial score (nSPS) is 13.4. The minimum atomic E-state index is -0.392. The van der Waals surface area contributed by atoms with Gasteiger partial charge < -0.3 is 9.64 Å². The number of nitrogens with zero attached hydrogens (tertiary/aromatic N) is 3. The van der Waals surface area contributed by atoms with Gasteiger partial charge in [-0.25, -0.2) is 9.07 Å². The second kappa shape index (κ2) is 6.63. The fraction of sp³-hybridized carbons (Fsp3) is 0.200. The minimum Gasteiger partial charge on any atom is -0.493 e. The molecule has 0 unspecified atom stereocenters. The van der Waals surface area contributed by atoms with Gasteiger partial charge in [-0.1, -0.05) is 30.3 Å². The summed E-state index contributed by atoms with van der Waals surface area (Å²) in [5, 5.41) is 4.41. The molecule has 132 valence electrons. The molecule has 1 aliphatic rings. The Bertz CT molecular complexity index is 953. The molecule has 6 heteroatoms. The summed E-state index contributed by atoms with van der Waals surface area (Å²) in [4.78, 5) is 14.6. The maximum Gasteiger partial charge on any atom is 0.282 e. The lowest BCUT2D eigenvalue weighted by Gasteiger charge is -2.29. The summed E-state index contributed by atoms with van der Waals surface area (Å²) < 4.78 is 21.3. The molecule has 0 atom stereocenters. The summed E-state index contributed by atoms with van der Waals surface area (Å²) in [6.45, 7) is 0.452. The zero-order chi connectivity index (χ0) is 18.1. The van der Waals surface area contributed by atoms with Gasteiger partial charge in [0.25, 0.3) is 5.91 Å². The van der Waals surface area contributed by atoms with Crippen LogP contribution in [-0.4, -0.2) is 29.3 Å². The van der Waals surface area contributed by atoms with Gasteiger partial charge in [0.05, 0.1) is 24.7 Å². The molecule has 3 aromatic rings. The highest BCUT2D eigenvalue weighted by atomic mass is 19.1. The number of halogens is 1. The zero-order valence-corrected chi connectivity index (χ0v) is 14.4. The van der Waals surface area contributed by atoms with Crippen molar-refractivity contribution in [2.75, 3.05) is 18.6 Å². The maximum absolute atomic E-state index is 14.4. The summed E-state index contributed by atoms with van der Waals surface area (Å²) in [5.41, 5.74) is 2.17. The van der Waals surface area contributed by atoms with Crippen molar-refractivity contribution < 1.29 is 13.9 Å². The number of amides is 1. The zero-order valence-electron chi connectivity index (χ0n) is 14.4. The molecule has 2 aromatic carbocycles. The Labute approximate surface area is 150 Å². The third-order valence-electron chi connectivity index (χ3n) is 4.54. The highest BCUT2D eigenvalue weighted by Gasteiger charge is 2.30. The topological polar surface area (TPSA) is 47.4 Å². The molecule has 1 amide bonds. The van der Waals surface area contributed by atoms with Crippen LogP contribution in [0.2, 0.25) is 0 Å². The van der Waals surface area contributed by atoms with Crippen LogP contribution in [0.3, 0.4) is 0 Å². The van der Waals surface area contributed by atoms with Gasteiger partial charge >= 0.3 is 0 Å². The van der Waals surface area contributed by atoms with Crippen molar-refractivity contribution in [2.24, 2.45) is 0 Å². The third-order valence-corrected chi connectivity index (χ3v) is 4.54. The van der Waals surface area contributed by atoms with E-state index in [2.05, 4.69) is 5.10 Å². The molecule has 0 spiro atoms. The summed E-state index contributed by atoms with van der Waals surface area (Å²) in [5.74, 6) is -0.387. The van der Waals surface area contributed by atoms with Crippen molar-refractivity contribution >= 4 is 11.6 Å². The first-order valence-corrected chi connectivity index (χ1v) is 8.47. The lowest BCUT2D eigenvalue weighted by atomic mass is 10.0. The van der Waals surface area contributed by atoms with Crippen molar-refractivity contribution in [3.63, 3.8) is 0 Å². The number of hydrogen-bond donors (Lipinski definition) is 0. The molecule has 0 radical (unpaired) electrons. The first kappa shape index (κ1) is 16.3. The summed E-state index contributed by atoms with van der Waals surface area (Å²) >= 11 is 0. The monoisotopic (exact) mass is 351 g/mol. The Hall–Kier alpha value is -3.15. The van der Waals surface area contributed by atoms with Crippen molar-refractivity contribution in [3.8, 4) is 11.4 Å². The number of benzene rings is 2. The molecule has 1 aromatic heterocycles. The van der Waals surface area contributed by atoms with Crippen LogP contribution in [0.1, 0.15) is 22.5 Å². The third kappa shape index (κ3) is 2.73. The highest BCUT2D eigenvalue weighted by molar-refractivity contribution is 6.07. The molecule has 2 heterocycles. The molecule has 1 aliphatic heterocycles. The van der Waals surface area contributed by atoms with Gasteiger partial charge in [0.2, 0.25) is 0 Å². The number of para-hydroxylation sites is 2. The fourth-order valence-electron chi connectivity index (χ4n) is 3.30. The largest absolute Gasteiger partial charge is 0.493 e. The number of hydrogen-bond acceptors (Lipinski definition) is 3. The predicted octanol–water partition coefficient (Wildman–Crippen LogP) is 3.61. The Morgan fingerprint density at radius 1 is 1.15 bits per heavy atom. The van der Waals surface area contributed by atoms with Crippen LogP contribution >= 0.6 is 0 Å². The summed E-state index contributed by atoms with van der Waals surface area (Å²) in [6, 6.07) is 14.4. The number of carbonyl (C=O) groups is 1. The molecule has 0 aliphatic carbocycles. The average molecular weight is 351 g/mol. The molecule has 26 heavy (non-hydrogen) atoms. The molecule has 0 saturated carbocycles. The van der Waals surface area contributed by atoms with Crippen LogP contribution in [0.15, 0.2) is 54.7 Å².